The van der Waals surface area contributed by atoms with Crippen LogP contribution in [0.4, 0.5) is 0 Å². The van der Waals surface area contributed by atoms with Crippen LogP contribution in [0.15, 0.2) is 6.07 Å². The lowest BCUT2D eigenvalue weighted by atomic mass is 10.1. The smallest absolute Gasteiger partial charge is 0.338 e. The zero-order valence-electron chi connectivity index (χ0n) is 14.3. The Morgan fingerprint density at radius 2 is 2.12 bits per heavy atom. The van der Waals surface area contributed by atoms with Gasteiger partial charge in [0.15, 0.2) is 0 Å². The second kappa shape index (κ2) is 6.57. The van der Waals surface area contributed by atoms with E-state index in [-0.39, 0.29) is 11.5 Å². The highest BCUT2D eigenvalue weighted by atomic mass is 32.1. The van der Waals surface area contributed by atoms with Crippen LogP contribution in [-0.4, -0.2) is 65.0 Å². The fraction of sp³-hybridized carbons (Fsp3) is 0.529. The molecule has 24 heavy (non-hydrogen) atoms. The maximum absolute atomic E-state index is 12.9. The first kappa shape index (κ1) is 17.0. The van der Waals surface area contributed by atoms with Gasteiger partial charge in [-0.25, -0.2) is 4.79 Å². The van der Waals surface area contributed by atoms with Crippen molar-refractivity contribution in [2.45, 2.75) is 20.3 Å². The predicted octanol–water partition coefficient (Wildman–Crippen LogP) is 2.65. The molecule has 1 aliphatic rings. The van der Waals surface area contributed by atoms with Gasteiger partial charge in [0.2, 0.25) is 0 Å². The number of carboxylic acids is 1. The van der Waals surface area contributed by atoms with Crippen LogP contribution in [0.5, 0.6) is 0 Å². The van der Waals surface area contributed by atoms with Crippen LogP contribution >= 0.6 is 11.3 Å². The van der Waals surface area contributed by atoms with Crippen LogP contribution < -0.4 is 0 Å². The summed E-state index contributed by atoms with van der Waals surface area (Å²) in [6, 6.07) is 1.79. The summed E-state index contributed by atoms with van der Waals surface area (Å²) in [7, 11) is 2.09. The molecule has 0 bridgehead atoms. The summed E-state index contributed by atoms with van der Waals surface area (Å²) in [6.45, 7) is 7.25. The standard InChI is InChI=1S/C17H23N3O3S/c1-4-11-8-19(3)5-6-20(9-11)16(21)12-7-13-15(18-12)14(17(22)23)10(2)24-13/h7,11,18H,4-6,8-9H2,1-3H3,(H,22,23). The molecule has 2 aromatic heterocycles. The fourth-order valence-electron chi connectivity index (χ4n) is 3.36. The molecule has 1 amide bonds. The largest absolute Gasteiger partial charge is 0.478 e. The van der Waals surface area contributed by atoms with Crippen molar-refractivity contribution in [2.24, 2.45) is 5.92 Å². The normalized spacial score (nSPS) is 19.6. The van der Waals surface area contributed by atoms with Crippen molar-refractivity contribution in [1.29, 1.82) is 0 Å². The van der Waals surface area contributed by atoms with E-state index in [1.165, 1.54) is 11.3 Å². The number of rotatable bonds is 3. The van der Waals surface area contributed by atoms with E-state index >= 15 is 0 Å². The molecular formula is C17H23N3O3S. The van der Waals surface area contributed by atoms with Gasteiger partial charge in [0, 0.05) is 31.1 Å². The number of hydrogen-bond acceptors (Lipinski definition) is 4. The predicted molar refractivity (Wildman–Crippen MR) is 95.1 cm³/mol. The SMILES string of the molecule is CCC1CN(C)CCN(C(=O)c2cc3sc(C)c(C(=O)O)c3[nH]2)C1. The number of aromatic carboxylic acids is 1. The van der Waals surface area contributed by atoms with Crippen LogP contribution in [0.1, 0.15) is 39.1 Å². The van der Waals surface area contributed by atoms with Gasteiger partial charge in [-0.15, -0.1) is 11.3 Å². The molecule has 7 heteroatoms. The van der Waals surface area contributed by atoms with Gasteiger partial charge in [0.05, 0.1) is 15.8 Å². The number of nitrogens with zero attached hydrogens (tertiary/aromatic N) is 2. The van der Waals surface area contributed by atoms with Gasteiger partial charge in [-0.3, -0.25) is 4.79 Å². The highest BCUT2D eigenvalue weighted by molar-refractivity contribution is 7.19. The Hall–Kier alpha value is -1.86. The van der Waals surface area contributed by atoms with Crippen molar-refractivity contribution < 1.29 is 14.7 Å². The minimum atomic E-state index is -0.956. The van der Waals surface area contributed by atoms with Crippen molar-refractivity contribution in [2.75, 3.05) is 33.2 Å². The van der Waals surface area contributed by atoms with Crippen LogP contribution in [0.3, 0.4) is 0 Å². The van der Waals surface area contributed by atoms with Gasteiger partial charge in [-0.1, -0.05) is 13.3 Å². The molecule has 0 aromatic carbocycles. The third kappa shape index (κ3) is 3.06. The van der Waals surface area contributed by atoms with Crippen molar-refractivity contribution in [3.63, 3.8) is 0 Å². The van der Waals surface area contributed by atoms with Gasteiger partial charge >= 0.3 is 5.97 Å². The number of thiophene rings is 1. The van der Waals surface area contributed by atoms with E-state index in [1.807, 2.05) is 4.90 Å². The summed E-state index contributed by atoms with van der Waals surface area (Å²) in [5.74, 6) is -0.530. The Morgan fingerprint density at radius 3 is 2.79 bits per heavy atom. The molecule has 2 aromatic rings. The van der Waals surface area contributed by atoms with E-state index in [9.17, 15) is 14.7 Å². The van der Waals surface area contributed by atoms with Crippen LogP contribution in [-0.2, 0) is 0 Å². The number of carbonyl (C=O) groups excluding carboxylic acids is 1. The number of fused-ring (bicyclic) bond motifs is 1. The first-order chi connectivity index (χ1) is 11.4. The summed E-state index contributed by atoms with van der Waals surface area (Å²) < 4.78 is 0.826. The zero-order valence-corrected chi connectivity index (χ0v) is 15.1. The maximum atomic E-state index is 12.9. The first-order valence-corrected chi connectivity index (χ1v) is 9.05. The Bertz CT molecular complexity index is 779. The molecule has 1 atom stereocenters. The molecule has 1 aliphatic heterocycles. The second-order valence-electron chi connectivity index (χ2n) is 6.55. The first-order valence-electron chi connectivity index (χ1n) is 8.24. The maximum Gasteiger partial charge on any atom is 0.338 e. The van der Waals surface area contributed by atoms with Crippen molar-refractivity contribution in [1.82, 2.24) is 14.8 Å². The van der Waals surface area contributed by atoms with Crippen molar-refractivity contribution in [3.8, 4) is 0 Å². The van der Waals surface area contributed by atoms with Gasteiger partial charge in [0.1, 0.15) is 5.69 Å². The van der Waals surface area contributed by atoms with Gasteiger partial charge in [-0.2, -0.15) is 0 Å². The number of H-pyrrole nitrogens is 1. The Balaban J connectivity index is 1.89. The summed E-state index contributed by atoms with van der Waals surface area (Å²) in [5.41, 5.74) is 1.32. The van der Waals surface area contributed by atoms with E-state index < -0.39 is 5.97 Å². The molecule has 6 nitrogen and oxygen atoms in total. The molecule has 0 radical (unpaired) electrons. The third-order valence-electron chi connectivity index (χ3n) is 4.76. The quantitative estimate of drug-likeness (QED) is 0.893. The summed E-state index contributed by atoms with van der Waals surface area (Å²) in [5, 5.41) is 9.37. The second-order valence-corrected chi connectivity index (χ2v) is 7.80. The van der Waals surface area contributed by atoms with E-state index in [0.717, 1.165) is 35.6 Å². The number of aromatic amines is 1. The average molecular weight is 349 g/mol. The number of aryl methyl sites for hydroxylation is 1. The minimum Gasteiger partial charge on any atom is -0.478 e. The highest BCUT2D eigenvalue weighted by Crippen LogP contribution is 2.31. The third-order valence-corrected chi connectivity index (χ3v) is 5.81. The minimum absolute atomic E-state index is 0.0406. The molecule has 2 N–H and O–H groups in total. The molecule has 0 spiro atoms. The molecule has 130 valence electrons. The lowest BCUT2D eigenvalue weighted by molar-refractivity contribution is 0.0695. The summed E-state index contributed by atoms with van der Waals surface area (Å²) >= 11 is 1.41. The number of amides is 1. The summed E-state index contributed by atoms with van der Waals surface area (Å²) in [6.07, 6.45) is 1.04. The average Bonchev–Trinajstić information content (AvgIpc) is 2.97. The number of carboxylic acid groups (broad SMARTS) is 1. The lowest BCUT2D eigenvalue weighted by Gasteiger charge is -2.22. The summed E-state index contributed by atoms with van der Waals surface area (Å²) in [4.78, 5) is 32.3. The molecule has 1 saturated heterocycles. The van der Waals surface area contributed by atoms with E-state index in [4.69, 9.17) is 0 Å². The van der Waals surface area contributed by atoms with Gasteiger partial charge < -0.3 is 19.9 Å². The van der Waals surface area contributed by atoms with Crippen LogP contribution in [0, 0.1) is 12.8 Å². The zero-order chi connectivity index (χ0) is 17.4. The van der Waals surface area contributed by atoms with E-state index in [1.54, 1.807) is 13.0 Å². The number of likely N-dealkylation sites (N-methyl/N-ethyl adjacent to an activating group) is 1. The van der Waals surface area contributed by atoms with Crippen molar-refractivity contribution in [3.05, 3.63) is 22.2 Å². The Morgan fingerprint density at radius 1 is 1.38 bits per heavy atom. The molecule has 3 rings (SSSR count). The molecule has 1 unspecified atom stereocenters. The van der Waals surface area contributed by atoms with Gasteiger partial charge in [-0.05, 0) is 26.0 Å². The van der Waals surface area contributed by atoms with Gasteiger partial charge in [0.25, 0.3) is 5.91 Å². The topological polar surface area (TPSA) is 76.6 Å². The number of hydrogen-bond donors (Lipinski definition) is 2. The monoisotopic (exact) mass is 349 g/mol. The molecular weight excluding hydrogens is 326 g/mol. The number of carbonyl (C=O) groups is 2. The fourth-order valence-corrected chi connectivity index (χ4v) is 4.42. The highest BCUT2D eigenvalue weighted by Gasteiger charge is 2.26. The molecule has 1 fully saturated rings. The number of nitrogens with one attached hydrogen (secondary N) is 1. The van der Waals surface area contributed by atoms with Crippen molar-refractivity contribution >= 4 is 33.4 Å². The Labute approximate surface area is 145 Å². The Kier molecular flexibility index (Phi) is 4.64. The van der Waals surface area contributed by atoms with Crippen LogP contribution in [0.2, 0.25) is 0 Å². The molecule has 3 heterocycles. The van der Waals surface area contributed by atoms with Crippen LogP contribution in [0.25, 0.3) is 10.2 Å². The molecule has 0 aliphatic carbocycles. The van der Waals surface area contributed by atoms with E-state index in [2.05, 4.69) is 23.9 Å². The molecule has 0 saturated carbocycles. The lowest BCUT2D eigenvalue weighted by Crippen LogP contribution is -2.36. The number of aromatic nitrogens is 1. The van der Waals surface area contributed by atoms with E-state index in [0.29, 0.717) is 23.7 Å².